The molecule has 27 heavy (non-hydrogen) atoms. The summed E-state index contributed by atoms with van der Waals surface area (Å²) in [7, 11) is 0. The van der Waals surface area contributed by atoms with Crippen molar-refractivity contribution in [2.75, 3.05) is 44.2 Å². The molecule has 148 valence electrons. The molecule has 2 amide bonds. The largest absolute Gasteiger partial charge is 0.506 e. The molecule has 0 unspecified atom stereocenters. The molecule has 1 aromatic carbocycles. The van der Waals surface area contributed by atoms with E-state index in [1.807, 2.05) is 24.0 Å². The van der Waals surface area contributed by atoms with Gasteiger partial charge < -0.3 is 25.3 Å². The number of nitrogens with zero attached hydrogens (tertiary/aromatic N) is 3. The molecule has 0 aromatic heterocycles. The third kappa shape index (κ3) is 4.63. The highest BCUT2D eigenvalue weighted by atomic mass is 16.4. The zero-order valence-electron chi connectivity index (χ0n) is 15.7. The van der Waals surface area contributed by atoms with Crippen LogP contribution in [0.2, 0.25) is 0 Å². The molecule has 0 bridgehead atoms. The molecule has 0 radical (unpaired) electrons. The minimum absolute atomic E-state index is 0.0517. The number of carboxylic acid groups (broad SMARTS) is 1. The van der Waals surface area contributed by atoms with Gasteiger partial charge in [0.1, 0.15) is 5.75 Å². The quantitative estimate of drug-likeness (QED) is 0.690. The monoisotopic (exact) mass is 376 g/mol. The van der Waals surface area contributed by atoms with Crippen molar-refractivity contribution < 1.29 is 19.8 Å². The average molecular weight is 376 g/mol. The van der Waals surface area contributed by atoms with Crippen LogP contribution in [0.4, 0.5) is 10.5 Å². The highest BCUT2D eigenvalue weighted by molar-refractivity contribution is 5.75. The molecule has 8 nitrogen and oxygen atoms in total. The summed E-state index contributed by atoms with van der Waals surface area (Å²) in [6.45, 7) is 5.29. The Hall–Kier alpha value is -2.48. The van der Waals surface area contributed by atoms with Crippen LogP contribution in [-0.4, -0.2) is 83.4 Å². The van der Waals surface area contributed by atoms with E-state index >= 15 is 0 Å². The van der Waals surface area contributed by atoms with Crippen LogP contribution in [-0.2, 0) is 4.79 Å². The lowest BCUT2D eigenvalue weighted by atomic mass is 9.85. The molecule has 3 rings (SSSR count). The topological polar surface area (TPSA) is 96.4 Å². The molecular weight excluding hydrogens is 348 g/mol. The number of para-hydroxylation sites is 2. The summed E-state index contributed by atoms with van der Waals surface area (Å²) in [5.74, 6) is -0.551. The van der Waals surface area contributed by atoms with Crippen molar-refractivity contribution in [1.82, 2.24) is 15.1 Å². The van der Waals surface area contributed by atoms with Gasteiger partial charge in [-0.25, -0.2) is 4.79 Å². The van der Waals surface area contributed by atoms with Crippen molar-refractivity contribution in [2.24, 2.45) is 0 Å². The first kappa shape index (κ1) is 19.3. The van der Waals surface area contributed by atoms with Gasteiger partial charge in [-0.1, -0.05) is 19.1 Å². The third-order valence-electron chi connectivity index (χ3n) is 5.49. The highest BCUT2D eigenvalue weighted by Crippen LogP contribution is 2.28. The van der Waals surface area contributed by atoms with E-state index in [1.165, 1.54) is 0 Å². The van der Waals surface area contributed by atoms with Gasteiger partial charge in [-0.05, 0) is 31.5 Å². The predicted molar refractivity (Wildman–Crippen MR) is 102 cm³/mol. The summed E-state index contributed by atoms with van der Waals surface area (Å²) < 4.78 is 0. The van der Waals surface area contributed by atoms with E-state index in [0.29, 0.717) is 32.7 Å². The fourth-order valence-electron chi connectivity index (χ4n) is 3.82. The van der Waals surface area contributed by atoms with Crippen LogP contribution in [0.1, 0.15) is 19.8 Å². The van der Waals surface area contributed by atoms with Crippen LogP contribution in [0, 0.1) is 0 Å². The van der Waals surface area contributed by atoms with E-state index in [2.05, 4.69) is 10.2 Å². The Balaban J connectivity index is 1.42. The Labute approximate surface area is 159 Å². The van der Waals surface area contributed by atoms with Crippen LogP contribution in [0.25, 0.3) is 0 Å². The molecule has 2 aliphatic rings. The number of hydrogen-bond donors (Lipinski definition) is 3. The Bertz CT molecular complexity index is 669. The minimum Gasteiger partial charge on any atom is -0.506 e. The molecule has 3 N–H and O–H groups in total. The third-order valence-corrected chi connectivity index (χ3v) is 5.49. The van der Waals surface area contributed by atoms with Crippen LogP contribution in [0.5, 0.6) is 5.75 Å². The number of urea groups is 1. The molecule has 8 heteroatoms. The number of rotatable bonds is 6. The zero-order chi connectivity index (χ0) is 19.4. The molecular formula is C19H28N4O4. The van der Waals surface area contributed by atoms with Crippen molar-refractivity contribution in [3.8, 4) is 5.75 Å². The summed E-state index contributed by atoms with van der Waals surface area (Å²) >= 11 is 0. The van der Waals surface area contributed by atoms with E-state index in [9.17, 15) is 14.7 Å². The van der Waals surface area contributed by atoms with Gasteiger partial charge in [-0.3, -0.25) is 9.69 Å². The van der Waals surface area contributed by atoms with Crippen molar-refractivity contribution in [3.05, 3.63) is 24.3 Å². The first-order valence-corrected chi connectivity index (χ1v) is 9.52. The van der Waals surface area contributed by atoms with E-state index < -0.39 is 5.97 Å². The van der Waals surface area contributed by atoms with E-state index in [-0.39, 0.29) is 30.4 Å². The fraction of sp³-hybridized carbons (Fsp3) is 0.579. The first-order valence-electron chi connectivity index (χ1n) is 9.52. The van der Waals surface area contributed by atoms with Crippen LogP contribution in [0.15, 0.2) is 24.3 Å². The van der Waals surface area contributed by atoms with Gasteiger partial charge in [-0.15, -0.1) is 0 Å². The Kier molecular flexibility index (Phi) is 6.05. The van der Waals surface area contributed by atoms with Gasteiger partial charge in [0.25, 0.3) is 0 Å². The average Bonchev–Trinajstić information content (AvgIpc) is 2.63. The number of phenols is 1. The number of aliphatic carboxylic acids is 1. The smallest absolute Gasteiger partial charge is 0.317 e. The van der Waals surface area contributed by atoms with Gasteiger partial charge in [0.2, 0.25) is 0 Å². The van der Waals surface area contributed by atoms with Gasteiger partial charge in [0, 0.05) is 38.3 Å². The molecule has 1 aromatic rings. The van der Waals surface area contributed by atoms with E-state index in [0.717, 1.165) is 18.5 Å². The lowest BCUT2D eigenvalue weighted by Crippen LogP contribution is -2.59. The normalized spacial score (nSPS) is 22.4. The second-order valence-corrected chi connectivity index (χ2v) is 7.19. The maximum absolute atomic E-state index is 12.5. The van der Waals surface area contributed by atoms with Gasteiger partial charge in [0.15, 0.2) is 0 Å². The molecule has 0 spiro atoms. The first-order chi connectivity index (χ1) is 13.0. The number of benzene rings is 1. The Morgan fingerprint density at radius 2 is 1.85 bits per heavy atom. The van der Waals surface area contributed by atoms with Gasteiger partial charge >= 0.3 is 12.0 Å². The molecule has 0 atom stereocenters. The number of piperazine rings is 1. The highest BCUT2D eigenvalue weighted by Gasteiger charge is 2.35. The number of phenolic OH excluding ortho intramolecular Hbond substituents is 1. The van der Waals surface area contributed by atoms with Crippen molar-refractivity contribution in [2.45, 2.75) is 31.8 Å². The molecule has 1 saturated carbocycles. The number of carboxylic acids is 1. The fourth-order valence-corrected chi connectivity index (χ4v) is 3.82. The number of carbonyl (C=O) groups is 2. The molecule has 1 aliphatic carbocycles. The number of hydrogen-bond acceptors (Lipinski definition) is 5. The van der Waals surface area contributed by atoms with Crippen LogP contribution >= 0.6 is 0 Å². The van der Waals surface area contributed by atoms with Crippen molar-refractivity contribution in [3.63, 3.8) is 0 Å². The zero-order valence-corrected chi connectivity index (χ0v) is 15.7. The minimum atomic E-state index is -0.813. The lowest BCUT2D eigenvalue weighted by Gasteiger charge is -2.43. The maximum atomic E-state index is 12.5. The van der Waals surface area contributed by atoms with E-state index in [4.69, 9.17) is 5.11 Å². The molecule has 1 heterocycles. The lowest BCUT2D eigenvalue weighted by molar-refractivity contribution is -0.139. The number of aromatic hydroxyl groups is 1. The number of anilines is 1. The number of nitrogens with one attached hydrogen (secondary N) is 1. The van der Waals surface area contributed by atoms with Crippen molar-refractivity contribution in [1.29, 1.82) is 0 Å². The van der Waals surface area contributed by atoms with Crippen LogP contribution in [0.3, 0.4) is 0 Å². The number of carbonyl (C=O) groups excluding carboxylic acids is 1. The summed E-state index contributed by atoms with van der Waals surface area (Å²) in [5, 5.41) is 22.0. The molecule has 2 fully saturated rings. The Morgan fingerprint density at radius 3 is 2.44 bits per heavy atom. The predicted octanol–water partition coefficient (Wildman–Crippen LogP) is 1.16. The van der Waals surface area contributed by atoms with Crippen molar-refractivity contribution >= 4 is 17.7 Å². The number of amides is 2. The summed E-state index contributed by atoms with van der Waals surface area (Å²) in [6, 6.07) is 7.53. The standard InChI is InChI=1S/C19H28N4O4/c1-2-21(13-18(25)26)15-11-14(12-15)20-19(27)23-9-7-22(8-10-23)16-5-3-4-6-17(16)24/h3-6,14-15,24H,2,7-13H2,1H3,(H,20,27)(H,25,26). The van der Waals surface area contributed by atoms with Gasteiger partial charge in [-0.2, -0.15) is 0 Å². The number of likely N-dealkylation sites (N-methyl/N-ethyl adjacent to an activating group) is 1. The SMILES string of the molecule is CCN(CC(=O)O)C1CC(NC(=O)N2CCN(c3ccccc3O)CC2)C1. The Morgan fingerprint density at radius 1 is 1.19 bits per heavy atom. The summed E-state index contributed by atoms with van der Waals surface area (Å²) in [6.07, 6.45) is 1.59. The second kappa shape index (κ2) is 8.47. The second-order valence-electron chi connectivity index (χ2n) is 7.19. The molecule has 1 aliphatic heterocycles. The maximum Gasteiger partial charge on any atom is 0.317 e. The molecule has 1 saturated heterocycles. The van der Waals surface area contributed by atoms with Gasteiger partial charge in [0.05, 0.1) is 12.2 Å². The summed E-state index contributed by atoms with van der Waals surface area (Å²) in [4.78, 5) is 29.2. The summed E-state index contributed by atoms with van der Waals surface area (Å²) in [5.41, 5.74) is 0.803. The van der Waals surface area contributed by atoms with Crippen LogP contribution < -0.4 is 10.2 Å². The van der Waals surface area contributed by atoms with E-state index in [1.54, 1.807) is 17.0 Å².